The summed E-state index contributed by atoms with van der Waals surface area (Å²) < 4.78 is 31.3. The minimum atomic E-state index is -1.18. The predicted octanol–water partition coefficient (Wildman–Crippen LogP) is 2.64. The lowest BCUT2D eigenvalue weighted by molar-refractivity contribution is -0.123. The van der Waals surface area contributed by atoms with Crippen LogP contribution in [0.4, 0.5) is 14.5 Å². The Bertz CT molecular complexity index is 747. The number of nitrogens with one attached hydrogen (secondary N) is 1. The van der Waals surface area contributed by atoms with Crippen molar-refractivity contribution in [2.75, 3.05) is 5.32 Å². The predicted molar refractivity (Wildman–Crippen MR) is 82.2 cm³/mol. The van der Waals surface area contributed by atoms with Crippen LogP contribution in [0.1, 0.15) is 22.8 Å². The number of aliphatic hydroxyl groups is 1. The molecular weight excluding hydrogens is 320 g/mol. The van der Waals surface area contributed by atoms with Gasteiger partial charge in [0.05, 0.1) is 17.9 Å². The summed E-state index contributed by atoms with van der Waals surface area (Å²) in [6.07, 6.45) is -1.18. The van der Waals surface area contributed by atoms with E-state index in [0.29, 0.717) is 11.6 Å². The molecule has 0 saturated heterocycles. The Morgan fingerprint density at radius 2 is 1.83 bits per heavy atom. The summed E-state index contributed by atoms with van der Waals surface area (Å²) in [7, 11) is 0. The molecular formula is C17H15F2NO4. The number of halogens is 2. The van der Waals surface area contributed by atoms with Gasteiger partial charge in [0.15, 0.2) is 6.10 Å². The zero-order valence-corrected chi connectivity index (χ0v) is 12.8. The second kappa shape index (κ2) is 7.65. The maximum Gasteiger partial charge on any atom is 0.338 e. The third kappa shape index (κ3) is 4.36. The van der Waals surface area contributed by atoms with Crippen LogP contribution < -0.4 is 5.32 Å². The molecule has 5 nitrogen and oxygen atoms in total. The van der Waals surface area contributed by atoms with Gasteiger partial charge in [-0.15, -0.1) is 0 Å². The molecule has 0 aliphatic heterocycles. The molecule has 0 fully saturated rings. The summed E-state index contributed by atoms with van der Waals surface area (Å²) in [6.45, 7) is 1.17. The fourth-order valence-corrected chi connectivity index (χ4v) is 1.85. The monoisotopic (exact) mass is 335 g/mol. The van der Waals surface area contributed by atoms with Gasteiger partial charge in [0.2, 0.25) is 0 Å². The Labute approximate surface area is 136 Å². The number of hydrogen-bond acceptors (Lipinski definition) is 4. The first-order valence-corrected chi connectivity index (χ1v) is 7.07. The second-order valence-corrected chi connectivity index (χ2v) is 5.02. The highest BCUT2D eigenvalue weighted by atomic mass is 19.1. The van der Waals surface area contributed by atoms with Crippen LogP contribution in [0.3, 0.4) is 0 Å². The van der Waals surface area contributed by atoms with Gasteiger partial charge < -0.3 is 15.2 Å². The molecule has 0 spiro atoms. The van der Waals surface area contributed by atoms with Crippen molar-refractivity contribution in [2.24, 2.45) is 0 Å². The van der Waals surface area contributed by atoms with Crippen molar-refractivity contribution in [3.63, 3.8) is 0 Å². The van der Waals surface area contributed by atoms with Crippen LogP contribution in [0, 0.1) is 11.6 Å². The summed E-state index contributed by atoms with van der Waals surface area (Å²) in [5, 5.41) is 11.2. The molecule has 126 valence electrons. The summed E-state index contributed by atoms with van der Waals surface area (Å²) in [5.74, 6) is -3.18. The molecule has 0 radical (unpaired) electrons. The van der Waals surface area contributed by atoms with Crippen LogP contribution in [-0.4, -0.2) is 23.1 Å². The molecule has 7 heteroatoms. The first-order valence-electron chi connectivity index (χ1n) is 7.07. The van der Waals surface area contributed by atoms with E-state index in [0.717, 1.165) is 12.1 Å². The number of anilines is 1. The first-order chi connectivity index (χ1) is 11.4. The highest BCUT2D eigenvalue weighted by Crippen LogP contribution is 2.16. The van der Waals surface area contributed by atoms with E-state index in [1.807, 2.05) is 0 Å². The van der Waals surface area contributed by atoms with Crippen molar-refractivity contribution in [3.8, 4) is 0 Å². The Morgan fingerprint density at radius 1 is 1.17 bits per heavy atom. The minimum absolute atomic E-state index is 0.155. The normalized spacial score (nSPS) is 11.7. The molecule has 1 amide bonds. The van der Waals surface area contributed by atoms with E-state index in [4.69, 9.17) is 9.84 Å². The molecule has 24 heavy (non-hydrogen) atoms. The van der Waals surface area contributed by atoms with Crippen LogP contribution in [0.25, 0.3) is 0 Å². The molecule has 0 bridgehead atoms. The van der Waals surface area contributed by atoms with Crippen LogP contribution >= 0.6 is 0 Å². The summed E-state index contributed by atoms with van der Waals surface area (Å²) in [6, 6.07) is 8.72. The van der Waals surface area contributed by atoms with E-state index < -0.39 is 29.6 Å². The van der Waals surface area contributed by atoms with Gasteiger partial charge in [0.1, 0.15) is 11.6 Å². The molecule has 2 rings (SSSR count). The first kappa shape index (κ1) is 17.6. The number of benzene rings is 2. The third-order valence-corrected chi connectivity index (χ3v) is 3.21. The zero-order valence-electron chi connectivity index (χ0n) is 12.8. The van der Waals surface area contributed by atoms with E-state index in [1.165, 1.54) is 19.1 Å². The molecule has 1 atom stereocenters. The Kier molecular flexibility index (Phi) is 5.59. The van der Waals surface area contributed by atoms with Crippen molar-refractivity contribution in [2.45, 2.75) is 19.6 Å². The van der Waals surface area contributed by atoms with E-state index in [1.54, 1.807) is 12.1 Å². The fourth-order valence-electron chi connectivity index (χ4n) is 1.85. The third-order valence-electron chi connectivity index (χ3n) is 3.21. The SMILES string of the molecule is C[C@@H](OC(=O)c1ccc(CO)cc1)C(=O)Nc1ccc(F)cc1F. The molecule has 0 heterocycles. The fraction of sp³-hybridized carbons (Fsp3) is 0.176. The Balaban J connectivity index is 1.98. The Morgan fingerprint density at radius 3 is 2.42 bits per heavy atom. The van der Waals surface area contributed by atoms with Gasteiger partial charge in [0, 0.05) is 6.07 Å². The average Bonchev–Trinajstić information content (AvgIpc) is 2.57. The highest BCUT2D eigenvalue weighted by Gasteiger charge is 2.20. The average molecular weight is 335 g/mol. The maximum atomic E-state index is 13.5. The quantitative estimate of drug-likeness (QED) is 0.824. The number of carbonyl (C=O) groups is 2. The number of carbonyl (C=O) groups excluding carboxylic acids is 2. The lowest BCUT2D eigenvalue weighted by Gasteiger charge is -2.14. The van der Waals surface area contributed by atoms with Gasteiger partial charge in [-0.1, -0.05) is 12.1 Å². The van der Waals surface area contributed by atoms with Crippen LogP contribution in [0.5, 0.6) is 0 Å². The van der Waals surface area contributed by atoms with Crippen molar-refractivity contribution in [1.82, 2.24) is 0 Å². The van der Waals surface area contributed by atoms with Crippen molar-refractivity contribution < 1.29 is 28.2 Å². The van der Waals surface area contributed by atoms with Gasteiger partial charge >= 0.3 is 5.97 Å². The zero-order chi connectivity index (χ0) is 17.7. The summed E-state index contributed by atoms with van der Waals surface area (Å²) >= 11 is 0. The van der Waals surface area contributed by atoms with Crippen LogP contribution in [0.2, 0.25) is 0 Å². The number of rotatable bonds is 5. The number of esters is 1. The van der Waals surface area contributed by atoms with Gasteiger partial charge in [-0.2, -0.15) is 0 Å². The van der Waals surface area contributed by atoms with Crippen LogP contribution in [0.15, 0.2) is 42.5 Å². The number of aliphatic hydroxyl groups excluding tert-OH is 1. The van der Waals surface area contributed by atoms with Gasteiger partial charge in [-0.05, 0) is 36.8 Å². The summed E-state index contributed by atoms with van der Waals surface area (Å²) in [5.41, 5.74) is 0.625. The summed E-state index contributed by atoms with van der Waals surface area (Å²) in [4.78, 5) is 23.9. The van der Waals surface area contributed by atoms with E-state index in [9.17, 15) is 18.4 Å². The molecule has 0 saturated carbocycles. The molecule has 2 N–H and O–H groups in total. The van der Waals surface area contributed by atoms with Gasteiger partial charge in [0.25, 0.3) is 5.91 Å². The van der Waals surface area contributed by atoms with E-state index in [-0.39, 0.29) is 17.9 Å². The standard InChI is InChI=1S/C17H15F2NO4/c1-10(16(22)20-15-7-6-13(18)8-14(15)19)24-17(23)12-4-2-11(9-21)3-5-12/h2-8,10,21H,9H2,1H3,(H,20,22)/t10-/m1/s1. The largest absolute Gasteiger partial charge is 0.449 e. The number of ether oxygens (including phenoxy) is 1. The smallest absolute Gasteiger partial charge is 0.338 e. The Hall–Kier alpha value is -2.80. The minimum Gasteiger partial charge on any atom is -0.449 e. The lowest BCUT2D eigenvalue weighted by atomic mass is 10.1. The lowest BCUT2D eigenvalue weighted by Crippen LogP contribution is -2.30. The van der Waals surface area contributed by atoms with E-state index >= 15 is 0 Å². The highest BCUT2D eigenvalue weighted by molar-refractivity contribution is 5.97. The molecule has 0 unspecified atom stereocenters. The van der Waals surface area contributed by atoms with Crippen molar-refractivity contribution in [1.29, 1.82) is 0 Å². The van der Waals surface area contributed by atoms with Crippen molar-refractivity contribution in [3.05, 3.63) is 65.2 Å². The molecule has 0 aliphatic carbocycles. The van der Waals surface area contributed by atoms with E-state index in [2.05, 4.69) is 5.32 Å². The van der Waals surface area contributed by atoms with Gasteiger partial charge in [-0.3, -0.25) is 4.79 Å². The molecule has 0 aromatic heterocycles. The van der Waals surface area contributed by atoms with Crippen molar-refractivity contribution >= 4 is 17.6 Å². The molecule has 2 aromatic carbocycles. The second-order valence-electron chi connectivity index (χ2n) is 5.02. The topological polar surface area (TPSA) is 75.6 Å². The maximum absolute atomic E-state index is 13.5. The number of hydrogen-bond donors (Lipinski definition) is 2. The van der Waals surface area contributed by atoms with Gasteiger partial charge in [-0.25, -0.2) is 13.6 Å². The number of amides is 1. The molecule has 2 aromatic rings. The van der Waals surface area contributed by atoms with Crippen LogP contribution in [-0.2, 0) is 16.1 Å². The molecule has 0 aliphatic rings.